The molecule has 0 amide bonds. The van der Waals surface area contributed by atoms with Crippen molar-refractivity contribution in [3.63, 3.8) is 0 Å². The van der Waals surface area contributed by atoms with Crippen LogP contribution < -0.4 is 21.9 Å². The Labute approximate surface area is 223 Å². The fourth-order valence-corrected chi connectivity index (χ4v) is 5.23. The van der Waals surface area contributed by atoms with Crippen LogP contribution in [0.1, 0.15) is 37.9 Å². The largest absolute Gasteiger partial charge is 0.465 e. The number of anilines is 1. The number of benzene rings is 1. The molecule has 0 aliphatic carbocycles. The van der Waals surface area contributed by atoms with E-state index >= 15 is 0 Å². The topological polar surface area (TPSA) is 154 Å². The number of esters is 1. The number of aryl methyl sites for hydroxylation is 1. The first-order valence-corrected chi connectivity index (χ1v) is 13.0. The number of aromatic nitrogens is 5. The van der Waals surface area contributed by atoms with Crippen LogP contribution in [0.5, 0.6) is 0 Å². The molecule has 12 nitrogen and oxygen atoms in total. The second kappa shape index (κ2) is 10.7. The van der Waals surface area contributed by atoms with Crippen LogP contribution in [0.2, 0.25) is 0 Å². The van der Waals surface area contributed by atoms with Crippen molar-refractivity contribution in [1.29, 1.82) is 5.26 Å². The number of rotatable bonds is 7. The second-order valence-corrected chi connectivity index (χ2v) is 9.52. The summed E-state index contributed by atoms with van der Waals surface area (Å²) in [6.45, 7) is 4.72. The lowest BCUT2D eigenvalue weighted by Crippen LogP contribution is -2.44. The molecular weight excluding hydrogens is 500 g/mol. The van der Waals surface area contributed by atoms with Crippen molar-refractivity contribution < 1.29 is 9.53 Å². The number of nitrogens with two attached hydrogens (primary N) is 1. The molecule has 202 valence electrons. The van der Waals surface area contributed by atoms with Gasteiger partial charge in [-0.15, -0.1) is 0 Å². The molecule has 1 unspecified atom stereocenters. The Morgan fingerprint density at radius 2 is 2.00 bits per heavy atom. The van der Waals surface area contributed by atoms with Gasteiger partial charge in [0, 0.05) is 42.6 Å². The number of nitrogens with zero attached hydrogens (tertiary/aromatic N) is 7. The van der Waals surface area contributed by atoms with Gasteiger partial charge in [-0.1, -0.05) is 24.3 Å². The van der Waals surface area contributed by atoms with Gasteiger partial charge in [-0.05, 0) is 26.7 Å². The molecule has 1 atom stereocenters. The molecule has 5 rings (SSSR count). The van der Waals surface area contributed by atoms with E-state index in [0.29, 0.717) is 31.0 Å². The summed E-state index contributed by atoms with van der Waals surface area (Å²) in [5.74, 6) is -0.101. The molecular formula is C27H30N8O4. The lowest BCUT2D eigenvalue weighted by Gasteiger charge is -2.31. The van der Waals surface area contributed by atoms with Crippen LogP contribution in [0, 0.1) is 11.3 Å². The molecule has 12 heteroatoms. The van der Waals surface area contributed by atoms with E-state index in [1.54, 1.807) is 23.8 Å². The predicted molar refractivity (Wildman–Crippen MR) is 146 cm³/mol. The van der Waals surface area contributed by atoms with E-state index in [-0.39, 0.29) is 41.6 Å². The maximum atomic E-state index is 13.9. The summed E-state index contributed by atoms with van der Waals surface area (Å²) in [5, 5.41) is 11.4. The lowest BCUT2D eigenvalue weighted by atomic mass is 10.1. The minimum absolute atomic E-state index is 0.0365. The Bertz CT molecular complexity index is 1730. The highest BCUT2D eigenvalue weighted by Gasteiger charge is 2.27. The van der Waals surface area contributed by atoms with Crippen LogP contribution in [0.4, 0.5) is 5.95 Å². The van der Waals surface area contributed by atoms with E-state index in [4.69, 9.17) is 15.5 Å². The average molecular weight is 531 g/mol. The van der Waals surface area contributed by atoms with Crippen LogP contribution in [0.3, 0.4) is 0 Å². The van der Waals surface area contributed by atoms with Crippen LogP contribution >= 0.6 is 0 Å². The van der Waals surface area contributed by atoms with Crippen LogP contribution in [0.25, 0.3) is 21.9 Å². The van der Waals surface area contributed by atoms with Gasteiger partial charge in [0.15, 0.2) is 11.2 Å². The summed E-state index contributed by atoms with van der Waals surface area (Å²) < 4.78 is 9.05. The average Bonchev–Trinajstić information content (AvgIpc) is 3.33. The molecule has 0 saturated carbocycles. The van der Waals surface area contributed by atoms with Gasteiger partial charge >= 0.3 is 11.7 Å². The van der Waals surface area contributed by atoms with E-state index in [0.717, 1.165) is 22.8 Å². The number of ether oxygens (including phenoxy) is 1. The Kier molecular flexibility index (Phi) is 7.17. The highest BCUT2D eigenvalue weighted by molar-refractivity contribution is 5.87. The van der Waals surface area contributed by atoms with Gasteiger partial charge in [0.05, 0.1) is 24.4 Å². The molecule has 0 spiro atoms. The van der Waals surface area contributed by atoms with Crippen molar-refractivity contribution in [3.05, 3.63) is 62.6 Å². The van der Waals surface area contributed by atoms with Crippen molar-refractivity contribution in [2.24, 2.45) is 5.73 Å². The van der Waals surface area contributed by atoms with E-state index in [9.17, 15) is 19.6 Å². The van der Waals surface area contributed by atoms with E-state index < -0.39 is 23.8 Å². The highest BCUT2D eigenvalue weighted by atomic mass is 16.5. The molecule has 1 aliphatic heterocycles. The van der Waals surface area contributed by atoms with Crippen molar-refractivity contribution >= 4 is 33.9 Å². The van der Waals surface area contributed by atoms with Gasteiger partial charge in [-0.2, -0.15) is 10.2 Å². The van der Waals surface area contributed by atoms with Gasteiger partial charge < -0.3 is 19.9 Å². The minimum Gasteiger partial charge on any atom is -0.465 e. The predicted octanol–water partition coefficient (Wildman–Crippen LogP) is 1.34. The standard InChI is InChI=1S/C27H30N8O4/c1-3-33-23-24(31-26(33)32-11-7-9-18(29)14-32)34(16-22(36)39-4-2)27(38)35(25(23)37)15-21-20(12-28)19-10-6-5-8-17(19)13-30-21/h5-6,8,10,13,18H,3-4,7,9,11,14-16,29H2,1-2H3. The lowest BCUT2D eigenvalue weighted by molar-refractivity contribution is -0.143. The minimum atomic E-state index is -0.734. The number of fused-ring (bicyclic) bond motifs is 2. The molecule has 2 N–H and O–H groups in total. The van der Waals surface area contributed by atoms with E-state index in [2.05, 4.69) is 11.1 Å². The Hall–Kier alpha value is -4.50. The number of nitriles is 1. The zero-order valence-corrected chi connectivity index (χ0v) is 22.0. The first kappa shape index (κ1) is 26.1. The van der Waals surface area contributed by atoms with Crippen molar-refractivity contribution in [2.45, 2.75) is 52.4 Å². The Balaban J connectivity index is 1.74. The molecule has 3 aromatic heterocycles. The Morgan fingerprint density at radius 1 is 1.21 bits per heavy atom. The van der Waals surface area contributed by atoms with E-state index in [1.165, 1.54) is 4.57 Å². The number of carbonyl (C=O) groups excluding carboxylic acids is 1. The molecule has 0 radical (unpaired) electrons. The molecule has 4 aromatic rings. The molecule has 1 aliphatic rings. The fourth-order valence-electron chi connectivity index (χ4n) is 5.23. The first-order valence-electron chi connectivity index (χ1n) is 13.0. The molecule has 39 heavy (non-hydrogen) atoms. The number of imidazole rings is 1. The van der Waals surface area contributed by atoms with Crippen LogP contribution in [0.15, 0.2) is 40.1 Å². The summed E-state index contributed by atoms with van der Waals surface area (Å²) in [7, 11) is 0. The van der Waals surface area contributed by atoms with Gasteiger partial charge in [0.2, 0.25) is 5.95 Å². The first-order chi connectivity index (χ1) is 18.9. The SMILES string of the molecule is CCOC(=O)Cn1c(=O)n(Cc2ncc3ccccc3c2C#N)c(=O)c2c1nc(N1CCCC(N)C1)n2CC. The molecule has 1 fully saturated rings. The van der Waals surface area contributed by atoms with Crippen LogP contribution in [-0.2, 0) is 29.2 Å². The summed E-state index contributed by atoms with van der Waals surface area (Å²) in [5.41, 5.74) is 5.77. The quantitative estimate of drug-likeness (QED) is 0.349. The Morgan fingerprint density at radius 3 is 2.72 bits per heavy atom. The summed E-state index contributed by atoms with van der Waals surface area (Å²) in [6.07, 6.45) is 3.38. The maximum Gasteiger partial charge on any atom is 0.333 e. The van der Waals surface area contributed by atoms with Crippen molar-refractivity contribution in [3.8, 4) is 6.07 Å². The smallest absolute Gasteiger partial charge is 0.333 e. The molecule has 4 heterocycles. The van der Waals surface area contributed by atoms with Crippen LogP contribution in [-0.4, -0.2) is 55.4 Å². The van der Waals surface area contributed by atoms with Crippen molar-refractivity contribution in [1.82, 2.24) is 23.7 Å². The van der Waals surface area contributed by atoms with Gasteiger partial charge in [-0.25, -0.2) is 4.79 Å². The van der Waals surface area contributed by atoms with Crippen molar-refractivity contribution in [2.75, 3.05) is 24.6 Å². The number of hydrogen-bond donors (Lipinski definition) is 1. The number of carbonyl (C=O) groups is 1. The molecule has 1 aromatic carbocycles. The molecule has 1 saturated heterocycles. The molecule has 0 bridgehead atoms. The summed E-state index contributed by atoms with van der Waals surface area (Å²) in [6, 6.07) is 9.43. The zero-order valence-electron chi connectivity index (χ0n) is 22.0. The fraction of sp³-hybridized carbons (Fsp3) is 0.407. The summed E-state index contributed by atoms with van der Waals surface area (Å²) in [4.78, 5) is 51.4. The third kappa shape index (κ3) is 4.66. The van der Waals surface area contributed by atoms with Gasteiger partial charge in [0.25, 0.3) is 5.56 Å². The number of pyridine rings is 1. The third-order valence-electron chi connectivity index (χ3n) is 7.04. The second-order valence-electron chi connectivity index (χ2n) is 9.52. The number of hydrogen-bond acceptors (Lipinski definition) is 9. The third-order valence-corrected chi connectivity index (χ3v) is 7.04. The normalized spacial score (nSPS) is 15.5. The van der Waals surface area contributed by atoms with E-state index in [1.807, 2.05) is 30.0 Å². The zero-order chi connectivity index (χ0) is 27.7. The number of piperidine rings is 1. The monoisotopic (exact) mass is 530 g/mol. The highest BCUT2D eigenvalue weighted by Crippen LogP contribution is 2.24. The maximum absolute atomic E-state index is 13.9. The van der Waals surface area contributed by atoms with Gasteiger partial charge in [0.1, 0.15) is 12.6 Å². The van der Waals surface area contributed by atoms with Gasteiger partial charge in [-0.3, -0.25) is 23.7 Å². The summed E-state index contributed by atoms with van der Waals surface area (Å²) >= 11 is 0.